The Hall–Kier alpha value is -3.07. The van der Waals surface area contributed by atoms with Gasteiger partial charge in [0, 0.05) is 37.4 Å². The number of sulfonamides is 1. The van der Waals surface area contributed by atoms with Crippen molar-refractivity contribution in [3.05, 3.63) is 60.2 Å². The van der Waals surface area contributed by atoms with Crippen LogP contribution in [0, 0.1) is 0 Å². The Morgan fingerprint density at radius 3 is 2.13 bits per heavy atom. The van der Waals surface area contributed by atoms with Crippen LogP contribution in [0.4, 0.5) is 5.69 Å². The molecule has 2 aromatic carbocycles. The molecule has 1 aliphatic heterocycles. The number of rotatable bonds is 7. The molecule has 0 radical (unpaired) electrons. The maximum absolute atomic E-state index is 12.7. The van der Waals surface area contributed by atoms with Crippen molar-refractivity contribution in [1.82, 2.24) is 9.80 Å². The van der Waals surface area contributed by atoms with Crippen molar-refractivity contribution in [2.24, 2.45) is 0 Å². The minimum absolute atomic E-state index is 0.00855. The molecule has 30 heavy (non-hydrogen) atoms. The molecular formula is C21H25N3O5S. The molecule has 0 atom stereocenters. The summed E-state index contributed by atoms with van der Waals surface area (Å²) in [5, 5.41) is 0. The van der Waals surface area contributed by atoms with Crippen LogP contribution in [0.3, 0.4) is 0 Å². The van der Waals surface area contributed by atoms with Gasteiger partial charge in [-0.3, -0.25) is 14.3 Å². The highest BCUT2D eigenvalue weighted by Gasteiger charge is 2.24. The SMILES string of the molecule is CS(=O)(=O)Nc1ccc(C(=O)N2CCN(C(=O)CCOc3ccccc3)CC2)cc1. The van der Waals surface area contributed by atoms with E-state index in [4.69, 9.17) is 4.74 Å². The average molecular weight is 432 g/mol. The average Bonchev–Trinajstić information content (AvgIpc) is 2.73. The van der Waals surface area contributed by atoms with Gasteiger partial charge in [-0.2, -0.15) is 0 Å². The molecule has 2 amide bonds. The number of piperazine rings is 1. The second kappa shape index (κ2) is 9.62. The fourth-order valence-corrected chi connectivity index (χ4v) is 3.73. The zero-order valence-corrected chi connectivity index (χ0v) is 17.6. The summed E-state index contributed by atoms with van der Waals surface area (Å²) >= 11 is 0. The van der Waals surface area contributed by atoms with E-state index < -0.39 is 10.0 Å². The van der Waals surface area contributed by atoms with Crippen LogP contribution < -0.4 is 9.46 Å². The third-order valence-corrected chi connectivity index (χ3v) is 5.29. The first-order chi connectivity index (χ1) is 14.3. The molecule has 0 bridgehead atoms. The summed E-state index contributed by atoms with van der Waals surface area (Å²) in [5.74, 6) is 0.605. The predicted octanol–water partition coefficient (Wildman–Crippen LogP) is 1.81. The van der Waals surface area contributed by atoms with Crippen LogP contribution >= 0.6 is 0 Å². The van der Waals surface area contributed by atoms with Crippen LogP contribution in [-0.2, 0) is 14.8 Å². The summed E-state index contributed by atoms with van der Waals surface area (Å²) in [6.45, 7) is 2.17. The summed E-state index contributed by atoms with van der Waals surface area (Å²) in [6.07, 6.45) is 1.36. The maximum atomic E-state index is 12.7. The number of ether oxygens (including phenoxy) is 1. The topological polar surface area (TPSA) is 96.0 Å². The zero-order chi connectivity index (χ0) is 21.6. The highest BCUT2D eigenvalue weighted by Crippen LogP contribution is 2.15. The zero-order valence-electron chi connectivity index (χ0n) is 16.8. The largest absolute Gasteiger partial charge is 0.493 e. The lowest BCUT2D eigenvalue weighted by Gasteiger charge is -2.35. The molecule has 1 N–H and O–H groups in total. The van der Waals surface area contributed by atoms with Gasteiger partial charge in [-0.1, -0.05) is 18.2 Å². The fourth-order valence-electron chi connectivity index (χ4n) is 3.17. The molecule has 1 fully saturated rings. The Labute approximate surface area is 176 Å². The van der Waals surface area contributed by atoms with Crippen molar-refractivity contribution in [2.45, 2.75) is 6.42 Å². The number of amides is 2. The van der Waals surface area contributed by atoms with Gasteiger partial charge in [0.1, 0.15) is 5.75 Å². The Balaban J connectivity index is 1.45. The quantitative estimate of drug-likeness (QED) is 0.721. The van der Waals surface area contributed by atoms with E-state index in [1.165, 1.54) is 0 Å². The summed E-state index contributed by atoms with van der Waals surface area (Å²) < 4.78 is 30.5. The molecule has 0 aromatic heterocycles. The molecule has 9 heteroatoms. The molecule has 0 spiro atoms. The van der Waals surface area contributed by atoms with Crippen molar-refractivity contribution in [1.29, 1.82) is 0 Å². The van der Waals surface area contributed by atoms with Crippen LogP contribution in [-0.4, -0.2) is 69.1 Å². The van der Waals surface area contributed by atoms with Crippen LogP contribution in [0.15, 0.2) is 54.6 Å². The van der Waals surface area contributed by atoms with Gasteiger partial charge < -0.3 is 14.5 Å². The predicted molar refractivity (Wildman–Crippen MR) is 114 cm³/mol. The number of hydrogen-bond donors (Lipinski definition) is 1. The normalized spacial score (nSPS) is 14.3. The lowest BCUT2D eigenvalue weighted by molar-refractivity contribution is -0.133. The van der Waals surface area contributed by atoms with Crippen molar-refractivity contribution in [3.8, 4) is 5.75 Å². The van der Waals surface area contributed by atoms with Gasteiger partial charge in [-0.15, -0.1) is 0 Å². The first-order valence-corrected chi connectivity index (χ1v) is 11.5. The molecule has 1 saturated heterocycles. The van der Waals surface area contributed by atoms with E-state index >= 15 is 0 Å². The minimum Gasteiger partial charge on any atom is -0.493 e. The Morgan fingerprint density at radius 1 is 0.933 bits per heavy atom. The smallest absolute Gasteiger partial charge is 0.253 e. The van der Waals surface area contributed by atoms with Crippen LogP contribution in [0.2, 0.25) is 0 Å². The number of carbonyl (C=O) groups is 2. The summed E-state index contributed by atoms with van der Waals surface area (Å²) in [4.78, 5) is 28.5. The molecule has 2 aromatic rings. The standard InChI is InChI=1S/C21H25N3O5S/c1-30(27,28)22-18-9-7-17(8-10-18)21(26)24-14-12-23(13-15-24)20(25)11-16-29-19-5-3-2-4-6-19/h2-10,22H,11-16H2,1H3. The molecule has 0 aliphatic carbocycles. The molecule has 160 valence electrons. The Kier molecular flexibility index (Phi) is 6.94. The van der Waals surface area contributed by atoms with Gasteiger partial charge in [0.25, 0.3) is 5.91 Å². The van der Waals surface area contributed by atoms with E-state index in [1.54, 1.807) is 34.1 Å². The van der Waals surface area contributed by atoms with Crippen LogP contribution in [0.25, 0.3) is 0 Å². The first kappa shape index (κ1) is 21.6. The Bertz CT molecular complexity index is 969. The number of hydrogen-bond acceptors (Lipinski definition) is 5. The number of nitrogens with zero attached hydrogens (tertiary/aromatic N) is 2. The monoisotopic (exact) mass is 431 g/mol. The van der Waals surface area contributed by atoms with Gasteiger partial charge in [-0.05, 0) is 36.4 Å². The van der Waals surface area contributed by atoms with Crippen molar-refractivity contribution >= 4 is 27.5 Å². The lowest BCUT2D eigenvalue weighted by Crippen LogP contribution is -2.50. The summed E-state index contributed by atoms with van der Waals surface area (Å²) in [5.41, 5.74) is 0.882. The van der Waals surface area contributed by atoms with E-state index in [2.05, 4.69) is 4.72 Å². The van der Waals surface area contributed by atoms with Crippen molar-refractivity contribution in [3.63, 3.8) is 0 Å². The number of anilines is 1. The highest BCUT2D eigenvalue weighted by molar-refractivity contribution is 7.92. The fraction of sp³-hybridized carbons (Fsp3) is 0.333. The maximum Gasteiger partial charge on any atom is 0.253 e. The molecule has 8 nitrogen and oxygen atoms in total. The third-order valence-electron chi connectivity index (χ3n) is 4.68. The van der Waals surface area contributed by atoms with E-state index in [0.717, 1.165) is 12.0 Å². The van der Waals surface area contributed by atoms with Gasteiger partial charge >= 0.3 is 0 Å². The second-order valence-electron chi connectivity index (χ2n) is 7.04. The second-order valence-corrected chi connectivity index (χ2v) is 8.78. The van der Waals surface area contributed by atoms with E-state index in [1.807, 2.05) is 30.3 Å². The number of carbonyl (C=O) groups excluding carboxylic acids is 2. The van der Waals surface area contributed by atoms with Crippen molar-refractivity contribution in [2.75, 3.05) is 43.8 Å². The van der Waals surface area contributed by atoms with Gasteiger partial charge in [0.2, 0.25) is 15.9 Å². The molecule has 0 saturated carbocycles. The number of benzene rings is 2. The molecule has 3 rings (SSSR count). The molecule has 1 heterocycles. The first-order valence-electron chi connectivity index (χ1n) is 9.64. The summed E-state index contributed by atoms with van der Waals surface area (Å²) in [7, 11) is -3.36. The third kappa shape index (κ3) is 6.21. The van der Waals surface area contributed by atoms with Gasteiger partial charge in [-0.25, -0.2) is 8.42 Å². The molecule has 0 unspecified atom stereocenters. The number of nitrogens with one attached hydrogen (secondary N) is 1. The minimum atomic E-state index is -3.36. The summed E-state index contributed by atoms with van der Waals surface area (Å²) in [6, 6.07) is 15.6. The highest BCUT2D eigenvalue weighted by atomic mass is 32.2. The molecule has 1 aliphatic rings. The molecular weight excluding hydrogens is 406 g/mol. The van der Waals surface area contributed by atoms with Crippen molar-refractivity contribution < 1.29 is 22.7 Å². The Morgan fingerprint density at radius 2 is 1.53 bits per heavy atom. The lowest BCUT2D eigenvalue weighted by atomic mass is 10.1. The van der Waals surface area contributed by atoms with E-state index in [-0.39, 0.29) is 18.2 Å². The van der Waals surface area contributed by atoms with Gasteiger partial charge in [0.05, 0.1) is 19.3 Å². The van der Waals surface area contributed by atoms with E-state index in [9.17, 15) is 18.0 Å². The van der Waals surface area contributed by atoms with Crippen LogP contribution in [0.1, 0.15) is 16.8 Å². The number of para-hydroxylation sites is 1. The van der Waals surface area contributed by atoms with Crippen LogP contribution in [0.5, 0.6) is 5.75 Å². The van der Waals surface area contributed by atoms with Gasteiger partial charge in [0.15, 0.2) is 0 Å². The van der Waals surface area contributed by atoms with E-state index in [0.29, 0.717) is 44.0 Å².